The fraction of sp³-hybridized carbons (Fsp3) is 0.200. The van der Waals surface area contributed by atoms with Gasteiger partial charge in [0.05, 0.1) is 42.1 Å². The number of halogens is 6. The van der Waals surface area contributed by atoms with Gasteiger partial charge in [0.1, 0.15) is 39.2 Å². The number of alkyl halides is 1. The smallest absolute Gasteiger partial charge is 0.495 e. The molecule has 0 unspecified atom stereocenters. The monoisotopic (exact) mass is 1830 g/mol. The minimum atomic E-state index is -1.00. The van der Waals surface area contributed by atoms with Gasteiger partial charge in [0.15, 0.2) is 0 Å². The summed E-state index contributed by atoms with van der Waals surface area (Å²) in [5.74, 6) is 0.333. The van der Waals surface area contributed by atoms with Crippen LogP contribution in [0.3, 0.4) is 0 Å². The fourth-order valence-corrected chi connectivity index (χ4v) is 16.3. The van der Waals surface area contributed by atoms with E-state index in [0.717, 1.165) is 126 Å². The van der Waals surface area contributed by atoms with Crippen molar-refractivity contribution in [2.24, 2.45) is 0 Å². The van der Waals surface area contributed by atoms with Crippen molar-refractivity contribution in [1.82, 2.24) is 0 Å². The van der Waals surface area contributed by atoms with E-state index in [0.29, 0.717) is 5.75 Å². The van der Waals surface area contributed by atoms with Crippen LogP contribution in [-0.2, 0) is 27.9 Å². The molecule has 10 nitrogen and oxygen atoms in total. The molecule has 0 aliphatic carbocycles. The standard InChI is InChI=1S/C22H21BO3.C22H13BrO.C16H9BrO.C16H11BrO.C12H24B2O4.C6H4Br2.CH3F/c1-21(2)22(3,4)26-23(25-21)18-13-17-15-10-7-8-12-19(15)24-20(17)16-11-6-5-9-14(16)18;23-15-7-5-6-14(12-15)19-13-20-17-9-3-4-11-21(17)24-22(20)18-10-2-1-8-16(18)19;17-14-9-13-11-6-3-4-8-15(11)18-16(13)12-7-2-1-5-10(12)14;17-15-10-14(11-6-2-1-3-7-11)16(18)13-9-5-4-8-12(13)15;1-9(2)10(3,4)16-13(15-9)14-17-11(5,6)12(7,8)18-14;7-5-1-2-6(8)4-3-5;1-2/h5-13H,1-4H3;1-13H;1-9H;1-10,18H;1-8H3;1-4H;1H3/i;;;;;;1D. The largest absolute Gasteiger partial charge is 0.507 e. The lowest BCUT2D eigenvalue weighted by atomic mass is 9.49. The molecule has 576 valence electrons. The summed E-state index contributed by atoms with van der Waals surface area (Å²) in [4.78, 5) is 0. The quantitative estimate of drug-likeness (QED) is 0.171. The predicted molar refractivity (Wildman–Crippen MR) is 490 cm³/mol. The summed E-state index contributed by atoms with van der Waals surface area (Å²) in [7, 11) is -2.35. The van der Waals surface area contributed by atoms with Crippen molar-refractivity contribution in [3.05, 3.63) is 295 Å². The van der Waals surface area contributed by atoms with Gasteiger partial charge >= 0.3 is 21.1 Å². The topological polar surface area (TPSA) is 115 Å². The van der Waals surface area contributed by atoms with Crippen LogP contribution in [0.15, 0.2) is 309 Å². The molecule has 1 N–H and O–H groups in total. The van der Waals surface area contributed by atoms with Gasteiger partial charge in [-0.2, -0.15) is 0 Å². The highest BCUT2D eigenvalue weighted by Gasteiger charge is 2.64. The Kier molecular flexibility index (Phi) is 23.6. The molecule has 17 aromatic rings. The predicted octanol–water partition coefficient (Wildman–Crippen LogP) is 28.7. The number of phenolic OH excluding ortho intramolecular Hbond substituents is 1. The first-order valence-corrected chi connectivity index (χ1v) is 41.5. The number of para-hydroxylation sites is 3. The van der Waals surface area contributed by atoms with Gasteiger partial charge in [-0.3, -0.25) is 4.39 Å². The molecule has 3 saturated heterocycles. The molecule has 0 spiro atoms. The molecule has 0 amide bonds. The van der Waals surface area contributed by atoms with Gasteiger partial charge < -0.3 is 46.3 Å². The first-order chi connectivity index (χ1) is 54.9. The van der Waals surface area contributed by atoms with E-state index < -0.39 is 28.3 Å². The van der Waals surface area contributed by atoms with Crippen LogP contribution in [0.4, 0.5) is 4.39 Å². The second kappa shape index (κ2) is 33.3. The van der Waals surface area contributed by atoms with Crippen LogP contribution in [0.1, 0.15) is 84.5 Å². The van der Waals surface area contributed by atoms with Crippen molar-refractivity contribution in [1.29, 1.82) is 0 Å². The molecule has 0 saturated carbocycles. The van der Waals surface area contributed by atoms with Crippen molar-refractivity contribution in [3.8, 4) is 28.0 Å². The molecule has 6 heterocycles. The van der Waals surface area contributed by atoms with Gasteiger partial charge in [0.2, 0.25) is 0 Å². The van der Waals surface area contributed by atoms with Crippen LogP contribution >= 0.6 is 79.6 Å². The lowest BCUT2D eigenvalue weighted by molar-refractivity contribution is 0.00578. The van der Waals surface area contributed by atoms with Crippen LogP contribution in [0, 0.1) is 0 Å². The molecule has 3 aliphatic rings. The summed E-state index contributed by atoms with van der Waals surface area (Å²) in [6.45, 7) is 24.5. The Bertz CT molecular complexity index is 6310. The van der Waals surface area contributed by atoms with E-state index in [4.69, 9.17) is 42.5 Å². The van der Waals surface area contributed by atoms with Crippen LogP contribution in [-0.4, -0.2) is 67.0 Å². The minimum Gasteiger partial charge on any atom is -0.507 e. The number of aromatic hydroxyl groups is 1. The van der Waals surface area contributed by atoms with Gasteiger partial charge in [-0.05, 0) is 200 Å². The highest BCUT2D eigenvalue weighted by molar-refractivity contribution is 9.11. The van der Waals surface area contributed by atoms with Crippen LogP contribution in [0.5, 0.6) is 5.75 Å². The molecule has 14 aromatic carbocycles. The number of hydrogen-bond acceptors (Lipinski definition) is 10. The first kappa shape index (κ1) is 80.8. The van der Waals surface area contributed by atoms with Gasteiger partial charge in [-0.15, -0.1) is 0 Å². The van der Waals surface area contributed by atoms with Crippen LogP contribution in [0.2, 0.25) is 0 Å². The molecular formula is C95H85B3Br5FO10. The van der Waals surface area contributed by atoms with E-state index in [9.17, 15) is 9.50 Å². The Morgan fingerprint density at radius 3 is 1.06 bits per heavy atom. The zero-order valence-corrected chi connectivity index (χ0v) is 73.2. The first-order valence-electron chi connectivity index (χ1n) is 38.3. The van der Waals surface area contributed by atoms with Crippen molar-refractivity contribution >= 4 is 215 Å². The highest BCUT2D eigenvalue weighted by atomic mass is 79.9. The Hall–Kier alpha value is -8.40. The fourth-order valence-electron chi connectivity index (χ4n) is 14.3. The van der Waals surface area contributed by atoms with E-state index in [1.165, 1.54) is 32.7 Å². The number of furan rings is 3. The van der Waals surface area contributed by atoms with E-state index in [-0.39, 0.29) is 33.6 Å². The zero-order chi connectivity index (χ0) is 81.5. The van der Waals surface area contributed by atoms with Gasteiger partial charge in [0, 0.05) is 81.8 Å². The molecule has 3 aliphatic heterocycles. The summed E-state index contributed by atoms with van der Waals surface area (Å²) in [6.07, 6.45) is 0. The average molecular weight is 1840 g/mol. The number of fused-ring (bicyclic) bond motifs is 16. The highest BCUT2D eigenvalue weighted by Crippen LogP contribution is 2.47. The summed E-state index contributed by atoms with van der Waals surface area (Å²) in [5, 5.41) is 26.1. The van der Waals surface area contributed by atoms with Crippen LogP contribution < -0.4 is 5.46 Å². The van der Waals surface area contributed by atoms with E-state index in [1.807, 2.05) is 213 Å². The van der Waals surface area contributed by atoms with E-state index in [1.54, 1.807) is 0 Å². The summed E-state index contributed by atoms with van der Waals surface area (Å²) in [5.41, 5.74) is 8.80. The average Bonchev–Trinajstić information content (AvgIpc) is 1.63. The number of hydrogen-bond donors (Lipinski definition) is 1. The molecule has 19 heteroatoms. The molecule has 20 rings (SSSR count). The van der Waals surface area contributed by atoms with Crippen LogP contribution in [0.25, 0.3) is 131 Å². The molecule has 3 aromatic heterocycles. The Morgan fingerprint density at radius 2 is 0.614 bits per heavy atom. The van der Waals surface area contributed by atoms with Gasteiger partial charge in [-0.1, -0.05) is 280 Å². The molecule has 0 bridgehead atoms. The number of benzene rings is 14. The Labute approximate surface area is 708 Å². The lowest BCUT2D eigenvalue weighted by Gasteiger charge is -2.32. The molecule has 0 radical (unpaired) electrons. The third-order valence-electron chi connectivity index (χ3n) is 22.4. The second-order valence-electron chi connectivity index (χ2n) is 31.3. The molecule has 114 heavy (non-hydrogen) atoms. The van der Waals surface area contributed by atoms with Crippen molar-refractivity contribution in [3.63, 3.8) is 0 Å². The third kappa shape index (κ3) is 16.4. The Morgan fingerprint density at radius 1 is 0.289 bits per heavy atom. The Balaban J connectivity index is 0.000000116. The van der Waals surface area contributed by atoms with Gasteiger partial charge in [0.25, 0.3) is 0 Å². The SMILES string of the molecule is Brc1cc2c3ccccc3oc2c2ccccc12.Brc1ccc(Br)cc1.Brc1cccc(-c2cc3c4ccccc4oc3c3ccccc23)c1.CC1(C)OB(B2OC(C)(C)C(C)(C)O2)OC1(C)C.CC1(C)OB(c2cc3c4ccccc4oc3c3ccccc23)OC1(C)C.Oc1c(-c2ccccc2)cc(Br)c2ccccc12.[2H]CF. The second-order valence-corrected chi connectivity index (χ2v) is 35.7. The maximum Gasteiger partial charge on any atom is 0.495 e. The normalized spacial score (nSPS) is 16.2. The third-order valence-corrected chi connectivity index (χ3v) is 25.3. The maximum absolute atomic E-state index is 10.4. The number of phenols is 1. The minimum absolute atomic E-state index is 0.333. The molecule has 0 atom stereocenters. The molecule has 3 fully saturated rings. The van der Waals surface area contributed by atoms with Crippen molar-refractivity contribution in [2.45, 2.75) is 117 Å². The van der Waals surface area contributed by atoms with Crippen molar-refractivity contribution < 1.29 is 52.0 Å². The summed E-state index contributed by atoms with van der Waals surface area (Å²) < 4.78 is 75.8. The molecular weight excluding hydrogens is 1750 g/mol. The van der Waals surface area contributed by atoms with Gasteiger partial charge in [-0.25, -0.2) is 0 Å². The lowest BCUT2D eigenvalue weighted by Crippen LogP contribution is -2.41. The van der Waals surface area contributed by atoms with Crippen molar-refractivity contribution in [2.75, 3.05) is 7.15 Å². The summed E-state index contributed by atoms with van der Waals surface area (Å²) >= 11 is 17.5. The maximum atomic E-state index is 10.4. The zero-order valence-electron chi connectivity index (χ0n) is 66.3. The van der Waals surface area contributed by atoms with E-state index >= 15 is 0 Å². The van der Waals surface area contributed by atoms with E-state index in [2.05, 4.69) is 223 Å². The summed E-state index contributed by atoms with van der Waals surface area (Å²) in [6, 6.07) is 92.3. The number of rotatable bonds is 4.